The molecule has 0 amide bonds. The van der Waals surface area contributed by atoms with Gasteiger partial charge in [-0.15, -0.1) is 0 Å². The van der Waals surface area contributed by atoms with Gasteiger partial charge >= 0.3 is 11.9 Å². The lowest BCUT2D eigenvalue weighted by Gasteiger charge is -2.27. The number of carbonyl (C=O) groups is 2. The summed E-state index contributed by atoms with van der Waals surface area (Å²) in [4.78, 5) is 25.2. The Morgan fingerprint density at radius 2 is 1.03 bits per heavy atom. The molecule has 0 N–H and O–H groups in total. The Hall–Kier alpha value is -1.98. The molecular formula is C30H44F2O4. The van der Waals surface area contributed by atoms with Crippen LogP contribution in [0.2, 0.25) is 0 Å². The minimum absolute atomic E-state index is 0.288. The molecule has 0 atom stereocenters. The molecule has 0 aromatic heterocycles. The molecule has 202 valence electrons. The van der Waals surface area contributed by atoms with Gasteiger partial charge in [-0.2, -0.15) is 8.78 Å². The van der Waals surface area contributed by atoms with Crippen LogP contribution in [0.3, 0.4) is 0 Å². The SMILES string of the molecule is CCCCCC1CCC(C(=O)Oc2ccc(OC(=O)C3CCC(CCCCC)CC3)c(F)c2F)CC1. The van der Waals surface area contributed by atoms with Crippen molar-refractivity contribution in [3.8, 4) is 11.5 Å². The van der Waals surface area contributed by atoms with Gasteiger partial charge in [0.1, 0.15) is 0 Å². The van der Waals surface area contributed by atoms with Gasteiger partial charge in [0.25, 0.3) is 0 Å². The monoisotopic (exact) mass is 506 g/mol. The third kappa shape index (κ3) is 8.27. The summed E-state index contributed by atoms with van der Waals surface area (Å²) in [5, 5.41) is 0. The number of ether oxygens (including phenoxy) is 2. The van der Waals surface area contributed by atoms with Crippen LogP contribution in [0.1, 0.15) is 117 Å². The van der Waals surface area contributed by atoms with Gasteiger partial charge in [0.05, 0.1) is 11.8 Å². The normalized spacial score (nSPS) is 24.3. The van der Waals surface area contributed by atoms with E-state index < -0.39 is 35.1 Å². The number of benzene rings is 1. The van der Waals surface area contributed by atoms with Gasteiger partial charge in [0, 0.05) is 0 Å². The fourth-order valence-corrected chi connectivity index (χ4v) is 5.79. The summed E-state index contributed by atoms with van der Waals surface area (Å²) in [5.41, 5.74) is 0. The van der Waals surface area contributed by atoms with Crippen molar-refractivity contribution >= 4 is 11.9 Å². The van der Waals surface area contributed by atoms with Crippen molar-refractivity contribution in [1.29, 1.82) is 0 Å². The molecule has 2 fully saturated rings. The number of halogens is 2. The van der Waals surface area contributed by atoms with Crippen LogP contribution in [-0.2, 0) is 9.59 Å². The zero-order chi connectivity index (χ0) is 25.9. The molecule has 0 unspecified atom stereocenters. The fraction of sp³-hybridized carbons (Fsp3) is 0.733. The number of carbonyl (C=O) groups excluding carboxylic acids is 2. The van der Waals surface area contributed by atoms with E-state index in [1.165, 1.54) is 63.5 Å². The van der Waals surface area contributed by atoms with Crippen molar-refractivity contribution in [3.63, 3.8) is 0 Å². The average molecular weight is 507 g/mol. The second kappa shape index (κ2) is 14.7. The smallest absolute Gasteiger partial charge is 0.314 e. The van der Waals surface area contributed by atoms with E-state index in [0.29, 0.717) is 11.8 Å². The largest absolute Gasteiger partial charge is 0.423 e. The third-order valence-corrected chi connectivity index (χ3v) is 8.22. The Kier molecular flexibility index (Phi) is 11.7. The predicted molar refractivity (Wildman–Crippen MR) is 137 cm³/mol. The molecule has 0 spiro atoms. The second-order valence-electron chi connectivity index (χ2n) is 11.0. The van der Waals surface area contributed by atoms with Crippen molar-refractivity contribution in [2.24, 2.45) is 23.7 Å². The average Bonchev–Trinajstić information content (AvgIpc) is 2.89. The molecule has 6 heteroatoms. The Bertz CT molecular complexity index is 771. The molecule has 0 heterocycles. The number of hydrogen-bond acceptors (Lipinski definition) is 4. The maximum Gasteiger partial charge on any atom is 0.314 e. The van der Waals surface area contributed by atoms with E-state index in [2.05, 4.69) is 13.8 Å². The minimum atomic E-state index is -1.29. The summed E-state index contributed by atoms with van der Waals surface area (Å²) in [5.74, 6) is -3.80. The van der Waals surface area contributed by atoms with Gasteiger partial charge in [-0.25, -0.2) is 0 Å². The highest BCUT2D eigenvalue weighted by atomic mass is 19.2. The number of unbranched alkanes of at least 4 members (excludes halogenated alkanes) is 4. The summed E-state index contributed by atoms with van der Waals surface area (Å²) in [6.07, 6.45) is 16.4. The van der Waals surface area contributed by atoms with E-state index in [0.717, 1.165) is 51.4 Å². The van der Waals surface area contributed by atoms with Crippen LogP contribution in [0.5, 0.6) is 11.5 Å². The zero-order valence-corrected chi connectivity index (χ0v) is 22.2. The predicted octanol–water partition coefficient (Wildman–Crippen LogP) is 8.55. The van der Waals surface area contributed by atoms with Gasteiger partial charge in [-0.05, 0) is 75.3 Å². The highest BCUT2D eigenvalue weighted by molar-refractivity contribution is 5.76. The lowest BCUT2D eigenvalue weighted by Crippen LogP contribution is -2.27. The van der Waals surface area contributed by atoms with E-state index in [4.69, 9.17) is 9.47 Å². The van der Waals surface area contributed by atoms with E-state index >= 15 is 0 Å². The Balaban J connectivity index is 1.47. The quantitative estimate of drug-likeness (QED) is 0.162. The van der Waals surface area contributed by atoms with Crippen molar-refractivity contribution < 1.29 is 27.8 Å². The summed E-state index contributed by atoms with van der Waals surface area (Å²) in [7, 11) is 0. The van der Waals surface area contributed by atoms with Crippen LogP contribution < -0.4 is 9.47 Å². The van der Waals surface area contributed by atoms with Crippen LogP contribution in [0.25, 0.3) is 0 Å². The molecule has 2 saturated carbocycles. The third-order valence-electron chi connectivity index (χ3n) is 8.22. The first kappa shape index (κ1) is 28.6. The highest BCUT2D eigenvalue weighted by Gasteiger charge is 2.31. The van der Waals surface area contributed by atoms with Crippen LogP contribution in [0, 0.1) is 35.3 Å². The van der Waals surface area contributed by atoms with Crippen molar-refractivity contribution in [3.05, 3.63) is 23.8 Å². The topological polar surface area (TPSA) is 52.6 Å². The molecule has 1 aromatic rings. The van der Waals surface area contributed by atoms with Crippen molar-refractivity contribution in [2.75, 3.05) is 0 Å². The standard InChI is InChI=1S/C30H44F2O4/c1-3-5-7-9-21-11-15-23(16-12-21)29(33)35-25-19-20-26(28(32)27(25)31)36-30(34)24-17-13-22(14-18-24)10-8-6-4-2/h19-24H,3-18H2,1-2H3. The Morgan fingerprint density at radius 3 is 1.36 bits per heavy atom. The summed E-state index contributed by atoms with van der Waals surface area (Å²) in [6, 6.07) is 2.36. The first-order valence-corrected chi connectivity index (χ1v) is 14.3. The molecule has 3 rings (SSSR count). The lowest BCUT2D eigenvalue weighted by molar-refractivity contribution is -0.141. The zero-order valence-electron chi connectivity index (χ0n) is 22.2. The van der Waals surface area contributed by atoms with Crippen LogP contribution in [0.4, 0.5) is 8.78 Å². The summed E-state index contributed by atoms with van der Waals surface area (Å²) < 4.78 is 39.8. The minimum Gasteiger partial charge on any atom is -0.423 e. The van der Waals surface area contributed by atoms with E-state index in [1.54, 1.807) is 0 Å². The van der Waals surface area contributed by atoms with E-state index in [-0.39, 0.29) is 11.8 Å². The first-order valence-electron chi connectivity index (χ1n) is 14.3. The molecule has 4 nitrogen and oxygen atoms in total. The van der Waals surface area contributed by atoms with Gasteiger partial charge < -0.3 is 9.47 Å². The molecule has 0 bridgehead atoms. The molecule has 0 aliphatic heterocycles. The molecular weight excluding hydrogens is 462 g/mol. The van der Waals surface area contributed by atoms with Gasteiger partial charge in [-0.3, -0.25) is 9.59 Å². The van der Waals surface area contributed by atoms with Gasteiger partial charge in [0.15, 0.2) is 11.5 Å². The van der Waals surface area contributed by atoms with Crippen LogP contribution >= 0.6 is 0 Å². The fourth-order valence-electron chi connectivity index (χ4n) is 5.79. The van der Waals surface area contributed by atoms with E-state index in [1.807, 2.05) is 0 Å². The van der Waals surface area contributed by atoms with E-state index in [9.17, 15) is 18.4 Å². The molecule has 0 radical (unpaired) electrons. The molecule has 2 aliphatic rings. The maximum absolute atomic E-state index is 14.7. The van der Waals surface area contributed by atoms with Crippen molar-refractivity contribution in [2.45, 2.75) is 117 Å². The Labute approximate surface area is 215 Å². The maximum atomic E-state index is 14.7. The summed E-state index contributed by atoms with van der Waals surface area (Å²) in [6.45, 7) is 4.37. The molecule has 1 aromatic carbocycles. The molecule has 36 heavy (non-hydrogen) atoms. The van der Waals surface area contributed by atoms with Gasteiger partial charge in [0.2, 0.25) is 11.6 Å². The molecule has 2 aliphatic carbocycles. The number of rotatable bonds is 12. The first-order chi connectivity index (χ1) is 17.4. The number of hydrogen-bond donors (Lipinski definition) is 0. The molecule has 0 saturated heterocycles. The Morgan fingerprint density at radius 1 is 0.667 bits per heavy atom. The van der Waals surface area contributed by atoms with Crippen molar-refractivity contribution in [1.82, 2.24) is 0 Å². The van der Waals surface area contributed by atoms with Gasteiger partial charge in [-0.1, -0.05) is 65.2 Å². The van der Waals surface area contributed by atoms with Crippen LogP contribution in [0.15, 0.2) is 12.1 Å². The highest BCUT2D eigenvalue weighted by Crippen LogP contribution is 2.36. The number of esters is 2. The lowest BCUT2D eigenvalue weighted by atomic mass is 9.80. The van der Waals surface area contributed by atoms with Crippen LogP contribution in [-0.4, -0.2) is 11.9 Å². The second-order valence-corrected chi connectivity index (χ2v) is 11.0. The summed E-state index contributed by atoms with van der Waals surface area (Å²) >= 11 is 0.